The number of hydrogen-bond acceptors (Lipinski definition) is 1. The normalized spacial score (nSPS) is 47.3. The highest BCUT2D eigenvalue weighted by atomic mass is 16.1. The Bertz CT molecular complexity index is 651. The molecule has 3 fully saturated rings. The zero-order valence-electron chi connectivity index (χ0n) is 14.4. The molecule has 5 atom stereocenters. The average Bonchev–Trinajstić information content (AvgIpc) is 2.83. The maximum absolute atomic E-state index is 13.3. The van der Waals surface area contributed by atoms with Crippen LogP contribution in [0.15, 0.2) is 23.4 Å². The summed E-state index contributed by atoms with van der Waals surface area (Å²) >= 11 is 0. The van der Waals surface area contributed by atoms with Gasteiger partial charge in [0, 0.05) is 12.3 Å². The monoisotopic (exact) mass is 309 g/mol. The number of nitrogens with zero attached hydrogens (tertiary/aromatic N) is 1. The van der Waals surface area contributed by atoms with E-state index >= 15 is 0 Å². The van der Waals surface area contributed by atoms with Crippen molar-refractivity contribution in [3.63, 3.8) is 0 Å². The fourth-order valence-electron chi connectivity index (χ4n) is 6.67. The van der Waals surface area contributed by atoms with Gasteiger partial charge in [-0.3, -0.25) is 4.79 Å². The van der Waals surface area contributed by atoms with E-state index in [1.54, 1.807) is 11.8 Å². The van der Waals surface area contributed by atoms with Gasteiger partial charge in [-0.25, -0.2) is 4.85 Å². The minimum absolute atomic E-state index is 0.0425. The molecule has 4 aliphatic rings. The highest BCUT2D eigenvalue weighted by Crippen LogP contribution is 2.64. The van der Waals surface area contributed by atoms with E-state index in [4.69, 9.17) is 6.57 Å². The number of ketones is 1. The van der Waals surface area contributed by atoms with E-state index in [-0.39, 0.29) is 16.7 Å². The van der Waals surface area contributed by atoms with E-state index < -0.39 is 0 Å². The van der Waals surface area contributed by atoms with Crippen molar-refractivity contribution in [2.75, 3.05) is 0 Å². The first-order valence-corrected chi connectivity index (χ1v) is 9.29. The van der Waals surface area contributed by atoms with Crippen LogP contribution in [0.2, 0.25) is 0 Å². The lowest BCUT2D eigenvalue weighted by Gasteiger charge is -2.56. The summed E-state index contributed by atoms with van der Waals surface area (Å²) in [5.41, 5.74) is 2.91. The predicted octanol–water partition coefficient (Wildman–Crippen LogP) is 5.32. The van der Waals surface area contributed by atoms with Crippen LogP contribution >= 0.6 is 0 Å². The summed E-state index contributed by atoms with van der Waals surface area (Å²) in [6.07, 6.45) is 13.1. The minimum atomic E-state index is -0.0425. The van der Waals surface area contributed by atoms with Crippen molar-refractivity contribution in [2.45, 2.75) is 65.2 Å². The van der Waals surface area contributed by atoms with Crippen LogP contribution in [-0.4, -0.2) is 5.78 Å². The van der Waals surface area contributed by atoms with Gasteiger partial charge in [-0.15, -0.1) is 0 Å². The van der Waals surface area contributed by atoms with Crippen molar-refractivity contribution in [3.8, 4) is 0 Å². The third-order valence-corrected chi connectivity index (χ3v) is 7.78. The van der Waals surface area contributed by atoms with Crippen molar-refractivity contribution in [3.05, 3.63) is 34.8 Å². The Kier molecular flexibility index (Phi) is 3.34. The quantitative estimate of drug-likeness (QED) is 0.438. The second-order valence-electron chi connectivity index (χ2n) is 8.72. The summed E-state index contributed by atoms with van der Waals surface area (Å²) < 4.78 is 0. The molecule has 0 aromatic carbocycles. The SMILES string of the molecule is [C-]#[N+]/C=C1/CC[C@H]2[C@@H]3CC=C4CCCC[C@]4(C)[C@H]3C(=O)C[C@]12C. The molecule has 4 rings (SSSR count). The number of hydrogen-bond donors (Lipinski definition) is 0. The molecule has 0 bridgehead atoms. The number of fused-ring (bicyclic) bond motifs is 5. The number of rotatable bonds is 0. The van der Waals surface area contributed by atoms with Gasteiger partial charge in [-0.05, 0) is 61.2 Å². The molecular formula is C21H27NO. The third-order valence-electron chi connectivity index (χ3n) is 7.78. The molecule has 0 N–H and O–H groups in total. The molecule has 0 aliphatic heterocycles. The maximum atomic E-state index is 13.3. The molecule has 0 spiro atoms. The number of carbonyl (C=O) groups excluding carboxylic acids is 1. The summed E-state index contributed by atoms with van der Waals surface area (Å²) in [5, 5.41) is 0. The van der Waals surface area contributed by atoms with Crippen LogP contribution in [0.25, 0.3) is 4.85 Å². The third kappa shape index (κ3) is 1.95. The number of carbonyl (C=O) groups is 1. The molecule has 0 heterocycles. The smallest absolute Gasteiger partial charge is 0.154 e. The number of allylic oxidation sites excluding steroid dienone is 3. The van der Waals surface area contributed by atoms with Gasteiger partial charge in [0.05, 0.1) is 6.57 Å². The standard InChI is InChI=1S/C21H27NO/c1-20-11-5-4-6-14(20)7-9-16-17-10-8-15(13-22-3)21(17,2)12-18(23)19(16)20/h7,13,16-17,19H,4-6,8-12H2,1-2H3/b15-13-/t16-,17-,19+,20-,21+/m0/s1. The van der Waals surface area contributed by atoms with Gasteiger partial charge < -0.3 is 0 Å². The first-order chi connectivity index (χ1) is 11.0. The second kappa shape index (κ2) is 5.07. The second-order valence-corrected chi connectivity index (χ2v) is 8.72. The highest BCUT2D eigenvalue weighted by Gasteiger charge is 2.59. The lowest BCUT2D eigenvalue weighted by Crippen LogP contribution is -2.53. The zero-order valence-corrected chi connectivity index (χ0v) is 14.4. The minimum Gasteiger partial charge on any atom is -0.299 e. The topological polar surface area (TPSA) is 21.4 Å². The van der Waals surface area contributed by atoms with Crippen molar-refractivity contribution in [1.29, 1.82) is 0 Å². The predicted molar refractivity (Wildman–Crippen MR) is 91.4 cm³/mol. The van der Waals surface area contributed by atoms with Crippen LogP contribution in [0.4, 0.5) is 0 Å². The van der Waals surface area contributed by atoms with E-state index in [1.807, 2.05) is 0 Å². The summed E-state index contributed by atoms with van der Waals surface area (Å²) in [4.78, 5) is 16.8. The van der Waals surface area contributed by atoms with Crippen LogP contribution in [0, 0.1) is 35.2 Å². The average molecular weight is 309 g/mol. The van der Waals surface area contributed by atoms with Gasteiger partial charge >= 0.3 is 0 Å². The van der Waals surface area contributed by atoms with Gasteiger partial charge in [-0.2, -0.15) is 0 Å². The Morgan fingerprint density at radius 3 is 2.87 bits per heavy atom. The molecule has 0 amide bonds. The highest BCUT2D eigenvalue weighted by molar-refractivity contribution is 5.85. The van der Waals surface area contributed by atoms with Gasteiger partial charge in [0.25, 0.3) is 0 Å². The Morgan fingerprint density at radius 1 is 1.26 bits per heavy atom. The largest absolute Gasteiger partial charge is 0.299 e. The van der Waals surface area contributed by atoms with Gasteiger partial charge in [0.15, 0.2) is 6.20 Å². The van der Waals surface area contributed by atoms with Crippen LogP contribution < -0.4 is 0 Å². The lowest BCUT2D eigenvalue weighted by atomic mass is 9.47. The molecule has 2 heteroatoms. The molecule has 4 aliphatic carbocycles. The zero-order chi connectivity index (χ0) is 16.2. The van der Waals surface area contributed by atoms with Crippen LogP contribution in [0.3, 0.4) is 0 Å². The van der Waals surface area contributed by atoms with E-state index in [0.29, 0.717) is 24.0 Å². The van der Waals surface area contributed by atoms with Gasteiger partial charge in [0.1, 0.15) is 5.78 Å². The van der Waals surface area contributed by atoms with Gasteiger partial charge in [-0.1, -0.05) is 37.5 Å². The molecule has 23 heavy (non-hydrogen) atoms. The van der Waals surface area contributed by atoms with E-state index in [1.165, 1.54) is 37.7 Å². The van der Waals surface area contributed by atoms with Gasteiger partial charge in [0.2, 0.25) is 0 Å². The Labute approximate surface area is 139 Å². The maximum Gasteiger partial charge on any atom is 0.154 e. The molecule has 0 aromatic rings. The summed E-state index contributed by atoms with van der Waals surface area (Å²) in [6, 6.07) is 0. The molecule has 0 unspecified atom stereocenters. The Hall–Kier alpha value is -1.36. The molecule has 2 nitrogen and oxygen atoms in total. The summed E-state index contributed by atoms with van der Waals surface area (Å²) in [5.74, 6) is 1.83. The van der Waals surface area contributed by atoms with Crippen molar-refractivity contribution >= 4 is 5.78 Å². The molecule has 3 saturated carbocycles. The molecule has 122 valence electrons. The molecule has 0 aromatic heterocycles. The summed E-state index contributed by atoms with van der Waals surface area (Å²) in [7, 11) is 0. The van der Waals surface area contributed by atoms with Crippen LogP contribution in [0.1, 0.15) is 65.2 Å². The first-order valence-electron chi connectivity index (χ1n) is 9.29. The molecular weight excluding hydrogens is 282 g/mol. The summed E-state index contributed by atoms with van der Waals surface area (Å²) in [6.45, 7) is 11.8. The molecule has 0 radical (unpaired) electrons. The van der Waals surface area contributed by atoms with Crippen molar-refractivity contribution in [1.82, 2.24) is 0 Å². The van der Waals surface area contributed by atoms with E-state index in [0.717, 1.165) is 12.8 Å². The van der Waals surface area contributed by atoms with Crippen LogP contribution in [0.5, 0.6) is 0 Å². The Morgan fingerprint density at radius 2 is 2.09 bits per heavy atom. The first kappa shape index (κ1) is 15.2. The fourth-order valence-corrected chi connectivity index (χ4v) is 6.67. The van der Waals surface area contributed by atoms with Crippen molar-refractivity contribution < 1.29 is 4.79 Å². The fraction of sp³-hybridized carbons (Fsp3) is 0.714. The van der Waals surface area contributed by atoms with Crippen molar-refractivity contribution in [2.24, 2.45) is 28.6 Å². The number of Topliss-reactive ketones (excluding diaryl/α,β-unsaturated/α-hetero) is 1. The lowest BCUT2D eigenvalue weighted by molar-refractivity contribution is -0.140. The van der Waals surface area contributed by atoms with Crippen LogP contribution in [-0.2, 0) is 4.79 Å². The molecule has 0 saturated heterocycles. The van der Waals surface area contributed by atoms with E-state index in [2.05, 4.69) is 24.8 Å². The van der Waals surface area contributed by atoms with E-state index in [9.17, 15) is 4.79 Å². The Balaban J connectivity index is 1.76.